The van der Waals surface area contributed by atoms with Crippen LogP contribution in [0.15, 0.2) is 72.8 Å². The van der Waals surface area contributed by atoms with Crippen molar-refractivity contribution in [3.63, 3.8) is 0 Å². The van der Waals surface area contributed by atoms with Gasteiger partial charge in [-0.05, 0) is 74.4 Å². The molecule has 190 valence electrons. The van der Waals surface area contributed by atoms with E-state index < -0.39 is 11.7 Å². The fraction of sp³-hybridized carbons (Fsp3) is 0.233. The molecule has 1 amide bonds. The number of hydrogen-bond acceptors (Lipinski definition) is 5. The zero-order valence-electron chi connectivity index (χ0n) is 22.0. The van der Waals surface area contributed by atoms with E-state index in [0.29, 0.717) is 11.4 Å². The van der Waals surface area contributed by atoms with Gasteiger partial charge in [-0.15, -0.1) is 0 Å². The van der Waals surface area contributed by atoms with Crippen molar-refractivity contribution in [3.05, 3.63) is 95.4 Å². The predicted molar refractivity (Wildman–Crippen MR) is 150 cm³/mol. The number of aryl methyl sites for hydroxylation is 3. The van der Waals surface area contributed by atoms with Gasteiger partial charge >= 0.3 is 0 Å². The van der Waals surface area contributed by atoms with Crippen molar-refractivity contribution < 1.29 is 9.59 Å². The molecule has 0 atom stereocenters. The van der Waals surface area contributed by atoms with E-state index in [-0.39, 0.29) is 0 Å². The minimum Gasteiger partial charge on any atom is -0.373 e. The smallest absolute Gasteiger partial charge is 0.298 e. The lowest BCUT2D eigenvalue weighted by molar-refractivity contribution is -0.112. The number of anilines is 3. The summed E-state index contributed by atoms with van der Waals surface area (Å²) in [5, 5.41) is 6.12. The molecule has 0 aliphatic heterocycles. The van der Waals surface area contributed by atoms with Crippen LogP contribution < -0.4 is 15.5 Å². The standard InChI is InChI=1S/C30H33N5O2/c1-20-17-21(2)32-27(18-20)31-15-16-34(4)25-13-11-24(12-14-25)33-30(37)29(36)28-26(19-22(3)35(28)5)23-9-7-6-8-10-23/h6-14,17-19H,15-16H2,1-5H3,(H,31,32)(H,33,37). The number of likely N-dealkylation sites (N-methyl/N-ethyl adjacent to an activating group) is 1. The molecule has 0 aliphatic carbocycles. The Morgan fingerprint density at radius 2 is 1.65 bits per heavy atom. The fourth-order valence-corrected chi connectivity index (χ4v) is 4.35. The van der Waals surface area contributed by atoms with Crippen molar-refractivity contribution in [1.82, 2.24) is 9.55 Å². The largest absolute Gasteiger partial charge is 0.373 e. The lowest BCUT2D eigenvalue weighted by atomic mass is 10.0. The van der Waals surface area contributed by atoms with Gasteiger partial charge in [0.05, 0.1) is 0 Å². The summed E-state index contributed by atoms with van der Waals surface area (Å²) in [5.41, 5.74) is 6.68. The lowest BCUT2D eigenvalue weighted by Gasteiger charge is -2.20. The van der Waals surface area contributed by atoms with Crippen LogP contribution in [-0.2, 0) is 11.8 Å². The molecule has 2 heterocycles. The Kier molecular flexibility index (Phi) is 7.72. The summed E-state index contributed by atoms with van der Waals surface area (Å²) < 4.78 is 1.77. The number of pyridine rings is 1. The number of Topliss-reactive ketones (excluding diaryl/α,β-unsaturated/α-hetero) is 1. The quantitative estimate of drug-likeness (QED) is 0.241. The molecule has 7 heteroatoms. The highest BCUT2D eigenvalue weighted by atomic mass is 16.2. The minimum atomic E-state index is -0.662. The Bertz CT molecular complexity index is 1390. The van der Waals surface area contributed by atoms with Crippen LogP contribution in [0.1, 0.15) is 27.4 Å². The summed E-state index contributed by atoms with van der Waals surface area (Å²) in [4.78, 5) is 32.7. The number of nitrogens with one attached hydrogen (secondary N) is 2. The third-order valence-electron chi connectivity index (χ3n) is 6.40. The summed E-state index contributed by atoms with van der Waals surface area (Å²) >= 11 is 0. The Hall–Kier alpha value is -4.39. The molecule has 0 saturated carbocycles. The third-order valence-corrected chi connectivity index (χ3v) is 6.40. The van der Waals surface area contributed by atoms with Crippen LogP contribution in [0, 0.1) is 20.8 Å². The van der Waals surface area contributed by atoms with E-state index in [9.17, 15) is 9.59 Å². The molecule has 0 aliphatic rings. The SMILES string of the molecule is Cc1cc(C)nc(NCCN(C)c2ccc(NC(=O)C(=O)c3c(-c4ccccc4)cc(C)n3C)cc2)c1. The topological polar surface area (TPSA) is 79.3 Å². The number of amides is 1. The maximum absolute atomic E-state index is 13.2. The zero-order chi connectivity index (χ0) is 26.5. The molecule has 4 rings (SSSR count). The number of rotatable bonds is 9. The van der Waals surface area contributed by atoms with Crippen molar-refractivity contribution in [3.8, 4) is 11.1 Å². The van der Waals surface area contributed by atoms with Crippen molar-refractivity contribution in [2.24, 2.45) is 7.05 Å². The van der Waals surface area contributed by atoms with Crippen LogP contribution >= 0.6 is 0 Å². The highest BCUT2D eigenvalue weighted by molar-refractivity contribution is 6.47. The normalized spacial score (nSPS) is 10.7. The first-order valence-corrected chi connectivity index (χ1v) is 12.3. The van der Waals surface area contributed by atoms with E-state index in [1.54, 1.807) is 11.6 Å². The summed E-state index contributed by atoms with van der Waals surface area (Å²) in [6, 6.07) is 23.1. The molecule has 4 aromatic rings. The molecular formula is C30H33N5O2. The summed E-state index contributed by atoms with van der Waals surface area (Å²) in [7, 11) is 3.81. The van der Waals surface area contributed by atoms with Crippen LogP contribution in [0.4, 0.5) is 17.2 Å². The first kappa shape index (κ1) is 25.7. The van der Waals surface area contributed by atoms with Crippen molar-refractivity contribution in [2.45, 2.75) is 20.8 Å². The highest BCUT2D eigenvalue weighted by Crippen LogP contribution is 2.27. The number of ketones is 1. The third kappa shape index (κ3) is 6.06. The molecule has 0 fully saturated rings. The summed E-state index contributed by atoms with van der Waals surface area (Å²) in [6.07, 6.45) is 0. The van der Waals surface area contributed by atoms with Gasteiger partial charge in [-0.2, -0.15) is 0 Å². The van der Waals surface area contributed by atoms with Gasteiger partial charge in [-0.25, -0.2) is 4.98 Å². The summed E-state index contributed by atoms with van der Waals surface area (Å²) in [6.45, 7) is 7.47. The van der Waals surface area contributed by atoms with E-state index in [1.165, 1.54) is 5.56 Å². The first-order valence-electron chi connectivity index (χ1n) is 12.3. The lowest BCUT2D eigenvalue weighted by Crippen LogP contribution is -2.26. The number of carbonyl (C=O) groups is 2. The molecule has 0 saturated heterocycles. The monoisotopic (exact) mass is 495 g/mol. The van der Waals surface area contributed by atoms with Gasteiger partial charge in [-0.1, -0.05) is 30.3 Å². The molecular weight excluding hydrogens is 462 g/mol. The van der Waals surface area contributed by atoms with Gasteiger partial charge in [0, 0.05) is 55.5 Å². The summed E-state index contributed by atoms with van der Waals surface area (Å²) in [5.74, 6) is -0.358. The number of hydrogen-bond donors (Lipinski definition) is 2. The van der Waals surface area contributed by atoms with Crippen LogP contribution in [-0.4, -0.2) is 41.4 Å². The van der Waals surface area contributed by atoms with Gasteiger partial charge in [0.1, 0.15) is 11.5 Å². The van der Waals surface area contributed by atoms with Crippen LogP contribution in [0.25, 0.3) is 11.1 Å². The van der Waals surface area contributed by atoms with E-state index in [1.807, 2.05) is 93.7 Å². The molecule has 0 bridgehead atoms. The predicted octanol–water partition coefficient (Wildman–Crippen LogP) is 5.38. The maximum Gasteiger partial charge on any atom is 0.298 e. The molecule has 0 spiro atoms. The van der Waals surface area contributed by atoms with Crippen molar-refractivity contribution in [1.29, 1.82) is 0 Å². The van der Waals surface area contributed by atoms with Gasteiger partial charge in [-0.3, -0.25) is 9.59 Å². The molecule has 2 N–H and O–H groups in total. The molecule has 2 aromatic carbocycles. The number of nitrogens with zero attached hydrogens (tertiary/aromatic N) is 3. The van der Waals surface area contributed by atoms with Gasteiger partial charge in [0.15, 0.2) is 0 Å². The van der Waals surface area contributed by atoms with Gasteiger partial charge in [0.2, 0.25) is 0 Å². The maximum atomic E-state index is 13.2. The van der Waals surface area contributed by atoms with Crippen LogP contribution in [0.3, 0.4) is 0 Å². The number of aromatic nitrogens is 2. The van der Waals surface area contributed by atoms with Crippen LogP contribution in [0.2, 0.25) is 0 Å². The highest BCUT2D eigenvalue weighted by Gasteiger charge is 2.25. The van der Waals surface area contributed by atoms with E-state index >= 15 is 0 Å². The Morgan fingerprint density at radius 1 is 0.946 bits per heavy atom. The Labute approximate surface area is 218 Å². The van der Waals surface area contributed by atoms with Crippen LogP contribution in [0.5, 0.6) is 0 Å². The van der Waals surface area contributed by atoms with E-state index in [0.717, 1.165) is 47.1 Å². The molecule has 2 aromatic heterocycles. The molecule has 7 nitrogen and oxygen atoms in total. The van der Waals surface area contributed by atoms with E-state index in [4.69, 9.17) is 0 Å². The minimum absolute atomic E-state index is 0.378. The number of benzene rings is 2. The van der Waals surface area contributed by atoms with Gasteiger partial charge in [0.25, 0.3) is 11.7 Å². The van der Waals surface area contributed by atoms with Gasteiger partial charge < -0.3 is 20.1 Å². The second kappa shape index (κ2) is 11.1. The first-order chi connectivity index (χ1) is 17.7. The molecule has 0 unspecified atom stereocenters. The zero-order valence-corrected chi connectivity index (χ0v) is 22.0. The van der Waals surface area contributed by atoms with Crippen molar-refractivity contribution in [2.75, 3.05) is 35.7 Å². The van der Waals surface area contributed by atoms with Crippen molar-refractivity contribution >= 4 is 28.9 Å². The second-order valence-electron chi connectivity index (χ2n) is 9.32. The Morgan fingerprint density at radius 3 is 2.32 bits per heavy atom. The molecule has 0 radical (unpaired) electrons. The molecule has 37 heavy (non-hydrogen) atoms. The average molecular weight is 496 g/mol. The Balaban J connectivity index is 1.38. The van der Waals surface area contributed by atoms with E-state index in [2.05, 4.69) is 27.4 Å². The number of carbonyl (C=O) groups excluding carboxylic acids is 2. The fourth-order valence-electron chi connectivity index (χ4n) is 4.35. The second-order valence-corrected chi connectivity index (χ2v) is 9.32. The average Bonchev–Trinajstić information content (AvgIpc) is 3.17.